The maximum absolute atomic E-state index is 8.66. The molecule has 0 bridgehead atoms. The van der Waals surface area contributed by atoms with Gasteiger partial charge in [-0.05, 0) is 20.3 Å². The van der Waals surface area contributed by atoms with Crippen LogP contribution in [0.4, 0.5) is 0 Å². The van der Waals surface area contributed by atoms with Gasteiger partial charge in [-0.3, -0.25) is 4.99 Å². The Morgan fingerprint density at radius 3 is 2.62 bits per heavy atom. The highest BCUT2D eigenvalue weighted by molar-refractivity contribution is 14.0. The molecule has 5 nitrogen and oxygen atoms in total. The predicted octanol–water partition coefficient (Wildman–Crippen LogP) is 0.578. The van der Waals surface area contributed by atoms with E-state index in [0.717, 1.165) is 38.7 Å². The van der Waals surface area contributed by atoms with Crippen LogP contribution in [0.2, 0.25) is 0 Å². The van der Waals surface area contributed by atoms with Gasteiger partial charge >= 0.3 is 0 Å². The number of hydrogen-bond acceptors (Lipinski definition) is 3. The average molecular weight is 345 g/mol. The van der Waals surface area contributed by atoms with Crippen LogP contribution in [0, 0.1) is 0 Å². The standard InChI is InChI=1S/C10H23N3O2.HI/c1-3-11-10(13-7-8-14)12-6-5-9-15-4-2;/h14H,3-9H2,1-2H3,(H2,11,12,13);1H. The summed E-state index contributed by atoms with van der Waals surface area (Å²) in [6.45, 7) is 7.70. The second-order valence-corrected chi connectivity index (χ2v) is 2.96. The molecule has 16 heavy (non-hydrogen) atoms. The normalized spacial score (nSPS) is 10.8. The van der Waals surface area contributed by atoms with Gasteiger partial charge in [-0.2, -0.15) is 0 Å². The lowest BCUT2D eigenvalue weighted by Gasteiger charge is -2.09. The van der Waals surface area contributed by atoms with Gasteiger partial charge in [0.25, 0.3) is 0 Å². The number of halogens is 1. The summed E-state index contributed by atoms with van der Waals surface area (Å²) in [5.41, 5.74) is 0. The first kappa shape index (κ1) is 18.3. The number of aliphatic hydroxyl groups is 1. The molecule has 0 heterocycles. The number of ether oxygens (including phenoxy) is 1. The quantitative estimate of drug-likeness (QED) is 0.261. The second-order valence-electron chi connectivity index (χ2n) is 2.96. The Balaban J connectivity index is 0. The summed E-state index contributed by atoms with van der Waals surface area (Å²) >= 11 is 0. The van der Waals surface area contributed by atoms with E-state index in [0.29, 0.717) is 6.54 Å². The first-order valence-corrected chi connectivity index (χ1v) is 5.55. The average Bonchev–Trinajstić information content (AvgIpc) is 2.25. The molecule has 98 valence electrons. The molecule has 3 N–H and O–H groups in total. The van der Waals surface area contributed by atoms with Crippen molar-refractivity contribution in [1.82, 2.24) is 10.6 Å². The van der Waals surface area contributed by atoms with E-state index in [2.05, 4.69) is 15.6 Å². The Hall–Kier alpha value is -0.0800. The Morgan fingerprint density at radius 2 is 2.06 bits per heavy atom. The number of aliphatic imine (C=N–C) groups is 1. The summed E-state index contributed by atoms with van der Waals surface area (Å²) < 4.78 is 5.21. The summed E-state index contributed by atoms with van der Waals surface area (Å²) in [6.07, 6.45) is 0.920. The Morgan fingerprint density at radius 1 is 1.31 bits per heavy atom. The lowest BCUT2D eigenvalue weighted by Crippen LogP contribution is -2.38. The molecule has 0 amide bonds. The lowest BCUT2D eigenvalue weighted by atomic mass is 10.4. The predicted molar refractivity (Wildman–Crippen MR) is 77.6 cm³/mol. The summed E-state index contributed by atoms with van der Waals surface area (Å²) in [6, 6.07) is 0. The van der Waals surface area contributed by atoms with Crippen molar-refractivity contribution in [1.29, 1.82) is 0 Å². The van der Waals surface area contributed by atoms with Crippen LogP contribution in [-0.2, 0) is 4.74 Å². The Kier molecular flexibility index (Phi) is 17.1. The van der Waals surface area contributed by atoms with E-state index in [1.54, 1.807) is 0 Å². The van der Waals surface area contributed by atoms with Crippen LogP contribution in [0.25, 0.3) is 0 Å². The van der Waals surface area contributed by atoms with E-state index < -0.39 is 0 Å². The van der Waals surface area contributed by atoms with Crippen molar-refractivity contribution >= 4 is 29.9 Å². The molecule has 6 heteroatoms. The minimum absolute atomic E-state index is 0. The molecule has 0 fully saturated rings. The van der Waals surface area contributed by atoms with Gasteiger partial charge in [0.1, 0.15) is 0 Å². The third-order valence-corrected chi connectivity index (χ3v) is 1.67. The van der Waals surface area contributed by atoms with E-state index in [4.69, 9.17) is 9.84 Å². The van der Waals surface area contributed by atoms with E-state index in [1.807, 2.05) is 13.8 Å². The lowest BCUT2D eigenvalue weighted by molar-refractivity contribution is 0.146. The first-order valence-electron chi connectivity index (χ1n) is 5.55. The number of guanidine groups is 1. The van der Waals surface area contributed by atoms with Crippen molar-refractivity contribution in [3.05, 3.63) is 0 Å². The summed E-state index contributed by atoms with van der Waals surface area (Å²) in [5.74, 6) is 0.753. The van der Waals surface area contributed by atoms with Crippen molar-refractivity contribution in [2.75, 3.05) is 39.5 Å². The fourth-order valence-electron chi connectivity index (χ4n) is 1.02. The molecule has 0 aromatic heterocycles. The second kappa shape index (κ2) is 14.9. The van der Waals surface area contributed by atoms with Crippen LogP contribution in [-0.4, -0.2) is 50.5 Å². The van der Waals surface area contributed by atoms with E-state index in [9.17, 15) is 0 Å². The van der Waals surface area contributed by atoms with Crippen LogP contribution in [0.5, 0.6) is 0 Å². The molecule has 0 aliphatic heterocycles. The number of nitrogens with zero attached hydrogens (tertiary/aromatic N) is 1. The molecule has 0 rings (SSSR count). The monoisotopic (exact) mass is 345 g/mol. The van der Waals surface area contributed by atoms with E-state index in [1.165, 1.54) is 0 Å². The molecular weight excluding hydrogens is 321 g/mol. The van der Waals surface area contributed by atoms with Gasteiger partial charge in [0, 0.05) is 32.8 Å². The molecule has 0 aromatic rings. The zero-order valence-corrected chi connectivity index (χ0v) is 12.5. The third-order valence-electron chi connectivity index (χ3n) is 1.67. The minimum atomic E-state index is 0. The maximum atomic E-state index is 8.66. The van der Waals surface area contributed by atoms with Crippen LogP contribution in [0.3, 0.4) is 0 Å². The van der Waals surface area contributed by atoms with Gasteiger partial charge in [0.2, 0.25) is 0 Å². The zero-order chi connectivity index (χ0) is 11.4. The van der Waals surface area contributed by atoms with Gasteiger partial charge in [0.05, 0.1) is 6.61 Å². The molecule has 0 spiro atoms. The molecule has 0 radical (unpaired) electrons. The van der Waals surface area contributed by atoms with Gasteiger partial charge < -0.3 is 20.5 Å². The molecule has 0 atom stereocenters. The van der Waals surface area contributed by atoms with Crippen LogP contribution >= 0.6 is 24.0 Å². The highest BCUT2D eigenvalue weighted by Gasteiger charge is 1.94. The van der Waals surface area contributed by atoms with Gasteiger partial charge in [-0.1, -0.05) is 0 Å². The minimum Gasteiger partial charge on any atom is -0.395 e. The van der Waals surface area contributed by atoms with Gasteiger partial charge in [-0.15, -0.1) is 24.0 Å². The number of nitrogens with one attached hydrogen (secondary N) is 2. The van der Waals surface area contributed by atoms with Crippen molar-refractivity contribution in [3.8, 4) is 0 Å². The van der Waals surface area contributed by atoms with Crippen molar-refractivity contribution in [3.63, 3.8) is 0 Å². The fraction of sp³-hybridized carbons (Fsp3) is 0.900. The zero-order valence-electron chi connectivity index (χ0n) is 10.2. The molecule has 0 saturated carbocycles. The third kappa shape index (κ3) is 12.0. The molecule has 0 saturated heterocycles. The molecule has 0 unspecified atom stereocenters. The topological polar surface area (TPSA) is 65.9 Å². The molecule has 0 aromatic carbocycles. The Bertz CT molecular complexity index is 168. The summed E-state index contributed by atoms with van der Waals surface area (Å²) in [5, 5.41) is 14.8. The Labute approximate surface area is 115 Å². The molecule has 0 aliphatic carbocycles. The van der Waals surface area contributed by atoms with Gasteiger partial charge in [-0.25, -0.2) is 0 Å². The first-order chi connectivity index (χ1) is 7.35. The molecular formula is C10H24IN3O2. The number of aliphatic hydroxyl groups excluding tert-OH is 1. The summed E-state index contributed by atoms with van der Waals surface area (Å²) in [7, 11) is 0. The van der Waals surface area contributed by atoms with Crippen molar-refractivity contribution in [2.24, 2.45) is 4.99 Å². The maximum Gasteiger partial charge on any atom is 0.191 e. The van der Waals surface area contributed by atoms with E-state index in [-0.39, 0.29) is 30.6 Å². The largest absolute Gasteiger partial charge is 0.395 e. The highest BCUT2D eigenvalue weighted by Crippen LogP contribution is 1.84. The fourth-order valence-corrected chi connectivity index (χ4v) is 1.02. The van der Waals surface area contributed by atoms with Crippen LogP contribution in [0.1, 0.15) is 20.3 Å². The smallest absolute Gasteiger partial charge is 0.191 e. The van der Waals surface area contributed by atoms with Gasteiger partial charge in [0.15, 0.2) is 5.96 Å². The SMILES string of the molecule is CCNC(=NCCCOCC)NCCO.I. The number of hydrogen-bond donors (Lipinski definition) is 3. The van der Waals surface area contributed by atoms with Crippen molar-refractivity contribution < 1.29 is 9.84 Å². The van der Waals surface area contributed by atoms with Crippen molar-refractivity contribution in [2.45, 2.75) is 20.3 Å². The number of rotatable bonds is 8. The van der Waals surface area contributed by atoms with E-state index >= 15 is 0 Å². The summed E-state index contributed by atoms with van der Waals surface area (Å²) in [4.78, 5) is 4.33. The van der Waals surface area contributed by atoms with Crippen LogP contribution < -0.4 is 10.6 Å². The molecule has 0 aliphatic rings. The highest BCUT2D eigenvalue weighted by atomic mass is 127. The van der Waals surface area contributed by atoms with Crippen LogP contribution in [0.15, 0.2) is 4.99 Å².